The van der Waals surface area contributed by atoms with E-state index in [-0.39, 0.29) is 62.3 Å². The normalized spacial score (nSPS) is 25.9. The molecule has 3 aliphatic carbocycles. The number of amides is 2. The van der Waals surface area contributed by atoms with E-state index in [0.717, 1.165) is 80.1 Å². The molecule has 366 valence electrons. The number of halogens is 1. The molecule has 2 heterocycles. The number of nitrogens with one attached hydrogen (secondary N) is 1. The Morgan fingerprint density at radius 3 is 2.41 bits per heavy atom. The lowest BCUT2D eigenvalue weighted by Gasteiger charge is -2.60. The van der Waals surface area contributed by atoms with Gasteiger partial charge in [-0.3, -0.25) is 4.79 Å². The van der Waals surface area contributed by atoms with Crippen molar-refractivity contribution in [1.29, 1.82) is 0 Å². The molecule has 0 spiro atoms. The molecule has 8 rings (SSSR count). The third-order valence-electron chi connectivity index (χ3n) is 14.8. The zero-order chi connectivity index (χ0) is 47.3. The lowest BCUT2D eigenvalue weighted by molar-refractivity contribution is -0.258. The van der Waals surface area contributed by atoms with Crippen LogP contribution in [-0.4, -0.2) is 77.4 Å². The number of carbonyl (C=O) groups excluding carboxylic acids is 2. The van der Waals surface area contributed by atoms with Crippen LogP contribution in [0.4, 0.5) is 9.18 Å². The molecule has 0 bridgehead atoms. The molecule has 3 fully saturated rings. The average Bonchev–Trinajstić information content (AvgIpc) is 3.89. The fourth-order valence-electron chi connectivity index (χ4n) is 11.5. The fourth-order valence-corrected chi connectivity index (χ4v) is 11.5. The van der Waals surface area contributed by atoms with Gasteiger partial charge in [-0.05, 0) is 110 Å². The van der Waals surface area contributed by atoms with Crippen molar-refractivity contribution in [1.82, 2.24) is 10.2 Å². The minimum atomic E-state index is -1.48. The highest BCUT2D eigenvalue weighted by atomic mass is 19.1. The lowest BCUT2D eigenvalue weighted by atomic mass is 9.55. The van der Waals surface area contributed by atoms with Crippen molar-refractivity contribution in [2.45, 2.75) is 140 Å². The van der Waals surface area contributed by atoms with Gasteiger partial charge in [-0.25, -0.2) is 9.18 Å². The highest BCUT2D eigenvalue weighted by Crippen LogP contribution is 2.62. The maximum atomic E-state index is 15.2. The Labute approximate surface area is 400 Å². The predicted molar refractivity (Wildman–Crippen MR) is 257 cm³/mol. The van der Waals surface area contributed by atoms with Crippen LogP contribution >= 0.6 is 0 Å². The average molecular weight is 936 g/mol. The van der Waals surface area contributed by atoms with Gasteiger partial charge in [0.15, 0.2) is 0 Å². The zero-order valence-electron chi connectivity index (χ0n) is 39.4. The molecule has 0 radical (unpaired) electrons. The number of oxime groups is 1. The van der Waals surface area contributed by atoms with E-state index in [4.69, 9.17) is 28.9 Å². The summed E-state index contributed by atoms with van der Waals surface area (Å²) >= 11 is 0. The predicted octanol–water partition coefficient (Wildman–Crippen LogP) is 10.3. The highest BCUT2D eigenvalue weighted by molar-refractivity contribution is 6.03. The Morgan fingerprint density at radius 2 is 1.68 bits per heavy atom. The van der Waals surface area contributed by atoms with Crippen LogP contribution in [0.3, 0.4) is 0 Å². The summed E-state index contributed by atoms with van der Waals surface area (Å²) in [6, 6.07) is 20.7. The van der Waals surface area contributed by atoms with Crippen molar-refractivity contribution in [3.05, 3.63) is 120 Å². The number of aliphatic hydroxyl groups is 2. The van der Waals surface area contributed by atoms with E-state index >= 15 is 4.79 Å². The standard InChI is InChI=1S/C55H70FN3O9/c1-2-31-65-55-49(59(37-40-21-24-42(56)25-22-40)50(62)28-23-38-14-6-7-15-38)35-47(58-68-51-20-10-13-32-64-51)45-33-41(18-8-11-29-60)44(19-9-12-30-61)52(53(45)55)46-34-43(26-27-48(46)67-55)66-54(63)57-36-39-16-4-3-5-17-39/h2-5,16-17,21-22,24-27,33-34,38,41,44,49,51-53,60-61H,1,6-15,18-20,23,28-32,35-37H2,(H,57,63). The van der Waals surface area contributed by atoms with Crippen LogP contribution in [0.15, 0.2) is 102 Å². The SMILES string of the molecule is C=CCOC12Oc3ccc(OC(=O)NCc4ccccc4)cc3C3C(CCCCO)C(CCCCO)C=C(C(=NOC4CCCCO4)CC1N(Cc1ccc(F)cc1)C(=O)CCC1CCCC1)C32. The second-order valence-electron chi connectivity index (χ2n) is 19.2. The molecule has 3 N–H and O–H groups in total. The summed E-state index contributed by atoms with van der Waals surface area (Å²) in [4.78, 5) is 36.8. The van der Waals surface area contributed by atoms with Crippen molar-refractivity contribution in [2.24, 2.45) is 28.8 Å². The second kappa shape index (κ2) is 24.0. The number of fused-ring (bicyclic) bond motifs is 2. The summed E-state index contributed by atoms with van der Waals surface area (Å²) < 4.78 is 41.1. The van der Waals surface area contributed by atoms with Crippen molar-refractivity contribution in [3.8, 4) is 11.5 Å². The number of nitrogens with zero attached hydrogens (tertiary/aromatic N) is 2. The van der Waals surface area contributed by atoms with Crippen LogP contribution in [0.2, 0.25) is 0 Å². The van der Waals surface area contributed by atoms with Gasteiger partial charge in [0.25, 0.3) is 0 Å². The van der Waals surface area contributed by atoms with Gasteiger partial charge in [0, 0.05) is 57.0 Å². The summed E-state index contributed by atoms with van der Waals surface area (Å²) in [5.41, 5.74) is 4.11. The molecular formula is C55H70FN3O9. The van der Waals surface area contributed by atoms with Gasteiger partial charge in [-0.1, -0.05) is 98.3 Å². The van der Waals surface area contributed by atoms with Crippen LogP contribution < -0.4 is 14.8 Å². The van der Waals surface area contributed by atoms with E-state index in [9.17, 15) is 19.4 Å². The number of unbranched alkanes of at least 4 members (excludes halogenated alkanes) is 2. The third kappa shape index (κ3) is 11.8. The first-order valence-electron chi connectivity index (χ1n) is 25.2. The fraction of sp³-hybridized carbons (Fsp3) is 0.545. The van der Waals surface area contributed by atoms with Gasteiger partial charge in [0.1, 0.15) is 23.4 Å². The molecule has 3 aromatic carbocycles. The highest BCUT2D eigenvalue weighted by Gasteiger charge is 2.65. The number of rotatable bonds is 22. The molecule has 7 atom stereocenters. The molecule has 12 nitrogen and oxygen atoms in total. The molecule has 2 amide bonds. The number of allylic oxidation sites excluding steroid dienone is 1. The molecule has 2 saturated carbocycles. The first kappa shape index (κ1) is 49.3. The summed E-state index contributed by atoms with van der Waals surface area (Å²) in [6.45, 7) is 5.36. The largest absolute Gasteiger partial charge is 0.459 e. The number of hydrogen-bond acceptors (Lipinski definition) is 10. The Hall–Kier alpha value is -5.08. The Bertz CT molecular complexity index is 2190. The van der Waals surface area contributed by atoms with Crippen molar-refractivity contribution >= 4 is 17.7 Å². The molecule has 7 unspecified atom stereocenters. The van der Waals surface area contributed by atoms with E-state index < -0.39 is 30.1 Å². The number of ether oxygens (including phenoxy) is 4. The van der Waals surface area contributed by atoms with Crippen LogP contribution in [0.5, 0.6) is 11.5 Å². The minimum Gasteiger partial charge on any atom is -0.459 e. The summed E-state index contributed by atoms with van der Waals surface area (Å²) in [5, 5.41) is 27.9. The Morgan fingerprint density at radius 1 is 0.912 bits per heavy atom. The molecule has 2 aliphatic heterocycles. The molecule has 5 aliphatic rings. The van der Waals surface area contributed by atoms with Crippen LogP contribution in [-0.2, 0) is 32.2 Å². The van der Waals surface area contributed by atoms with E-state index in [2.05, 4.69) is 18.0 Å². The topological polar surface area (TPSA) is 148 Å². The van der Waals surface area contributed by atoms with Crippen LogP contribution in [0, 0.1) is 29.5 Å². The van der Waals surface area contributed by atoms with Gasteiger partial charge in [-0.2, -0.15) is 0 Å². The molecular weight excluding hydrogens is 866 g/mol. The lowest BCUT2D eigenvalue weighted by Crippen LogP contribution is -2.70. The van der Waals surface area contributed by atoms with Gasteiger partial charge in [0.2, 0.25) is 18.0 Å². The molecule has 13 heteroatoms. The van der Waals surface area contributed by atoms with E-state index in [0.29, 0.717) is 62.0 Å². The first-order chi connectivity index (χ1) is 33.3. The maximum absolute atomic E-state index is 15.2. The summed E-state index contributed by atoms with van der Waals surface area (Å²) in [6.07, 6.45) is 15.7. The minimum absolute atomic E-state index is 0.00864. The molecule has 3 aromatic rings. The van der Waals surface area contributed by atoms with Crippen LogP contribution in [0.25, 0.3) is 0 Å². The van der Waals surface area contributed by atoms with Crippen molar-refractivity contribution < 1.29 is 48.0 Å². The van der Waals surface area contributed by atoms with Gasteiger partial charge in [0.05, 0.1) is 24.8 Å². The smallest absolute Gasteiger partial charge is 0.412 e. The maximum Gasteiger partial charge on any atom is 0.412 e. The molecule has 0 aromatic heterocycles. The van der Waals surface area contributed by atoms with Gasteiger partial charge in [-0.15, -0.1) is 6.58 Å². The van der Waals surface area contributed by atoms with Crippen molar-refractivity contribution in [3.63, 3.8) is 0 Å². The monoisotopic (exact) mass is 936 g/mol. The van der Waals surface area contributed by atoms with E-state index in [1.54, 1.807) is 24.3 Å². The van der Waals surface area contributed by atoms with E-state index in [1.165, 1.54) is 25.0 Å². The van der Waals surface area contributed by atoms with Gasteiger partial charge >= 0.3 is 6.09 Å². The summed E-state index contributed by atoms with van der Waals surface area (Å²) in [5.74, 6) is -1.44. The number of carbonyl (C=O) groups is 2. The molecule has 1 saturated heterocycles. The number of hydrogen-bond donors (Lipinski definition) is 3. The van der Waals surface area contributed by atoms with Crippen LogP contribution in [0.1, 0.15) is 125 Å². The Balaban J connectivity index is 1.28. The number of benzene rings is 3. The van der Waals surface area contributed by atoms with Crippen molar-refractivity contribution in [2.75, 3.05) is 26.4 Å². The van der Waals surface area contributed by atoms with Gasteiger partial charge < -0.3 is 44.2 Å². The first-order valence-corrected chi connectivity index (χ1v) is 25.2. The Kier molecular flexibility index (Phi) is 17.4. The summed E-state index contributed by atoms with van der Waals surface area (Å²) in [7, 11) is 0. The number of aliphatic hydroxyl groups excluding tert-OH is 2. The third-order valence-corrected chi connectivity index (χ3v) is 14.8. The zero-order valence-corrected chi connectivity index (χ0v) is 39.4. The molecule has 68 heavy (non-hydrogen) atoms. The quantitative estimate of drug-likeness (QED) is 0.0509. The van der Waals surface area contributed by atoms with E-state index in [1.807, 2.05) is 47.4 Å². The second-order valence-corrected chi connectivity index (χ2v) is 19.2.